The van der Waals surface area contributed by atoms with Crippen LogP contribution in [0.3, 0.4) is 0 Å². The summed E-state index contributed by atoms with van der Waals surface area (Å²) in [7, 11) is 0. The molecule has 1 fully saturated rings. The van der Waals surface area contributed by atoms with Gasteiger partial charge in [-0.05, 0) is 12.8 Å². The fourth-order valence-electron chi connectivity index (χ4n) is 1.25. The molecule has 4 heteroatoms. The lowest BCUT2D eigenvalue weighted by atomic mass is 10.2. The van der Waals surface area contributed by atoms with Crippen molar-refractivity contribution in [1.29, 1.82) is 0 Å². The molecule has 1 rings (SSSR count). The molecule has 1 saturated heterocycles. The molecule has 0 saturated carbocycles. The van der Waals surface area contributed by atoms with E-state index < -0.39 is 18.8 Å². The molecule has 1 heterocycles. The lowest BCUT2D eigenvalue weighted by Gasteiger charge is -2.15. The second-order valence-electron chi connectivity index (χ2n) is 2.43. The van der Waals surface area contributed by atoms with E-state index in [2.05, 4.69) is 0 Å². The molecule has 1 aliphatic heterocycles. The van der Waals surface area contributed by atoms with Crippen molar-refractivity contribution in [1.82, 2.24) is 4.90 Å². The minimum Gasteiger partial charge on any atom is -0.480 e. The number of nitrogens with zero attached hydrogens (tertiary/aromatic N) is 1. The summed E-state index contributed by atoms with van der Waals surface area (Å²) in [5, 5.41) is 8.51. The van der Waals surface area contributed by atoms with E-state index in [4.69, 9.17) is 5.11 Å². The van der Waals surface area contributed by atoms with Crippen molar-refractivity contribution < 1.29 is 14.3 Å². The van der Waals surface area contributed by atoms with Crippen LogP contribution in [0.2, 0.25) is 0 Å². The maximum atomic E-state index is 12.0. The number of carboxylic acid groups (broad SMARTS) is 1. The molecule has 0 spiro atoms. The molecule has 58 valence electrons. The highest BCUT2D eigenvalue weighted by Crippen LogP contribution is 2.16. The van der Waals surface area contributed by atoms with Crippen LogP contribution in [0.5, 0.6) is 0 Å². The minimum atomic E-state index is -0.907. The van der Waals surface area contributed by atoms with E-state index in [0.717, 1.165) is 6.42 Å². The normalized spacial score (nSPS) is 27.1. The second kappa shape index (κ2) is 2.96. The highest BCUT2D eigenvalue weighted by atomic mass is 19.1. The molecule has 0 aromatic heterocycles. The average Bonchev–Trinajstić information content (AvgIpc) is 2.33. The van der Waals surface area contributed by atoms with Crippen LogP contribution in [0.15, 0.2) is 0 Å². The van der Waals surface area contributed by atoms with Crippen LogP contribution < -0.4 is 0 Å². The number of carboxylic acids is 1. The quantitative estimate of drug-likeness (QED) is 0.577. The zero-order valence-electron chi connectivity index (χ0n) is 5.59. The molecular formula is C6H10FNO2. The first kappa shape index (κ1) is 7.47. The summed E-state index contributed by atoms with van der Waals surface area (Å²) in [5.74, 6) is -0.907. The van der Waals surface area contributed by atoms with Gasteiger partial charge in [-0.3, -0.25) is 9.69 Å². The Labute approximate surface area is 58.4 Å². The van der Waals surface area contributed by atoms with Gasteiger partial charge in [-0.15, -0.1) is 0 Å². The number of rotatable bonds is 2. The molecule has 0 amide bonds. The summed E-state index contributed by atoms with van der Waals surface area (Å²) >= 11 is 0. The van der Waals surface area contributed by atoms with Crippen LogP contribution >= 0.6 is 0 Å². The molecule has 0 radical (unpaired) electrons. The van der Waals surface area contributed by atoms with Crippen LogP contribution in [-0.4, -0.2) is 35.4 Å². The zero-order chi connectivity index (χ0) is 7.56. The van der Waals surface area contributed by atoms with Crippen molar-refractivity contribution in [2.24, 2.45) is 0 Å². The Hall–Kier alpha value is -0.640. The van der Waals surface area contributed by atoms with Crippen LogP contribution in [0, 0.1) is 0 Å². The standard InChI is InChI=1S/C6H10FNO2/c7-4-8-3-1-2-5(8)6(9)10/h5H,1-4H2,(H,9,10). The number of carbonyl (C=O) groups is 1. The van der Waals surface area contributed by atoms with Crippen molar-refractivity contribution >= 4 is 5.97 Å². The van der Waals surface area contributed by atoms with Gasteiger partial charge in [-0.2, -0.15) is 0 Å². The van der Waals surface area contributed by atoms with Gasteiger partial charge in [0.25, 0.3) is 0 Å². The third kappa shape index (κ3) is 1.26. The van der Waals surface area contributed by atoms with Gasteiger partial charge in [0.2, 0.25) is 0 Å². The van der Waals surface area contributed by atoms with E-state index in [1.807, 2.05) is 0 Å². The topological polar surface area (TPSA) is 40.5 Å². The Morgan fingerprint density at radius 1 is 1.80 bits per heavy atom. The summed E-state index contributed by atoms with van der Waals surface area (Å²) in [6.07, 6.45) is 1.38. The average molecular weight is 147 g/mol. The summed E-state index contributed by atoms with van der Waals surface area (Å²) < 4.78 is 12.0. The van der Waals surface area contributed by atoms with Gasteiger partial charge in [-0.1, -0.05) is 0 Å². The smallest absolute Gasteiger partial charge is 0.320 e. The number of likely N-dealkylation sites (tertiary alicyclic amines) is 1. The predicted octanol–water partition coefficient (Wildman–Crippen LogP) is 0.462. The number of alkyl halides is 1. The summed E-state index contributed by atoms with van der Waals surface area (Å²) in [6.45, 7) is -0.0650. The van der Waals surface area contributed by atoms with Gasteiger partial charge < -0.3 is 5.11 Å². The minimum absolute atomic E-state index is 0.577. The maximum Gasteiger partial charge on any atom is 0.320 e. The largest absolute Gasteiger partial charge is 0.480 e. The van der Waals surface area contributed by atoms with Gasteiger partial charge in [0.15, 0.2) is 0 Å². The highest BCUT2D eigenvalue weighted by Gasteiger charge is 2.29. The van der Waals surface area contributed by atoms with Gasteiger partial charge in [0, 0.05) is 6.54 Å². The molecule has 10 heavy (non-hydrogen) atoms. The summed E-state index contributed by atoms with van der Waals surface area (Å²) in [4.78, 5) is 11.7. The molecule has 1 atom stereocenters. The van der Waals surface area contributed by atoms with E-state index in [1.54, 1.807) is 0 Å². The second-order valence-corrected chi connectivity index (χ2v) is 2.43. The number of hydrogen-bond acceptors (Lipinski definition) is 2. The first-order valence-corrected chi connectivity index (χ1v) is 3.28. The molecule has 1 unspecified atom stereocenters. The number of halogens is 1. The van der Waals surface area contributed by atoms with Gasteiger partial charge >= 0.3 is 5.97 Å². The van der Waals surface area contributed by atoms with Crippen molar-refractivity contribution in [3.8, 4) is 0 Å². The van der Waals surface area contributed by atoms with Crippen molar-refractivity contribution in [3.05, 3.63) is 0 Å². The molecular weight excluding hydrogens is 137 g/mol. The van der Waals surface area contributed by atoms with Crippen molar-refractivity contribution in [2.45, 2.75) is 18.9 Å². The monoisotopic (exact) mass is 147 g/mol. The summed E-state index contributed by atoms with van der Waals surface area (Å²) in [5.41, 5.74) is 0. The Kier molecular flexibility index (Phi) is 2.21. The number of aliphatic carboxylic acids is 1. The first-order valence-electron chi connectivity index (χ1n) is 3.28. The van der Waals surface area contributed by atoms with Crippen LogP contribution in [0.4, 0.5) is 4.39 Å². The predicted molar refractivity (Wildman–Crippen MR) is 33.3 cm³/mol. The molecule has 1 N–H and O–H groups in total. The zero-order valence-corrected chi connectivity index (χ0v) is 5.59. The fraction of sp³-hybridized carbons (Fsp3) is 0.833. The van der Waals surface area contributed by atoms with E-state index in [9.17, 15) is 9.18 Å². The van der Waals surface area contributed by atoms with E-state index >= 15 is 0 Å². The Bertz CT molecular complexity index is 140. The molecule has 0 aromatic rings. The van der Waals surface area contributed by atoms with Gasteiger partial charge in [0.05, 0.1) is 0 Å². The van der Waals surface area contributed by atoms with Crippen molar-refractivity contribution in [2.75, 3.05) is 13.3 Å². The van der Waals surface area contributed by atoms with Gasteiger partial charge in [-0.25, -0.2) is 4.39 Å². The summed E-state index contributed by atoms with van der Waals surface area (Å²) in [6, 6.07) is -0.579. The lowest BCUT2D eigenvalue weighted by molar-refractivity contribution is -0.142. The molecule has 1 aliphatic rings. The van der Waals surface area contributed by atoms with Crippen molar-refractivity contribution in [3.63, 3.8) is 0 Å². The Morgan fingerprint density at radius 3 is 2.90 bits per heavy atom. The Balaban J connectivity index is 2.50. The van der Waals surface area contributed by atoms with E-state index in [-0.39, 0.29) is 0 Å². The Morgan fingerprint density at radius 2 is 2.50 bits per heavy atom. The van der Waals surface area contributed by atoms with Gasteiger partial charge in [0.1, 0.15) is 12.8 Å². The number of hydrogen-bond donors (Lipinski definition) is 1. The lowest BCUT2D eigenvalue weighted by Crippen LogP contribution is -2.35. The van der Waals surface area contributed by atoms with Crippen LogP contribution in [0.25, 0.3) is 0 Å². The fourth-order valence-corrected chi connectivity index (χ4v) is 1.25. The molecule has 3 nitrogen and oxygen atoms in total. The molecule has 0 aliphatic carbocycles. The highest BCUT2D eigenvalue weighted by molar-refractivity contribution is 5.73. The third-order valence-electron chi connectivity index (χ3n) is 1.80. The van der Waals surface area contributed by atoms with Crippen LogP contribution in [0.1, 0.15) is 12.8 Å². The first-order chi connectivity index (χ1) is 4.75. The molecule has 0 aromatic carbocycles. The van der Waals surface area contributed by atoms with E-state index in [1.165, 1.54) is 4.90 Å². The van der Waals surface area contributed by atoms with Crippen LogP contribution in [-0.2, 0) is 4.79 Å². The van der Waals surface area contributed by atoms with E-state index in [0.29, 0.717) is 13.0 Å². The third-order valence-corrected chi connectivity index (χ3v) is 1.80. The maximum absolute atomic E-state index is 12.0. The SMILES string of the molecule is O=C(O)C1CCCN1CF. The molecule has 0 bridgehead atoms.